The molecule has 1 rings (SSSR count). The highest BCUT2D eigenvalue weighted by molar-refractivity contribution is 9.10. The maximum atomic E-state index is 13.2. The number of halogens is 4. The minimum Gasteiger partial charge on any atom is -0.395 e. The van der Waals surface area contributed by atoms with Crippen LogP contribution in [-0.2, 0) is 6.54 Å². The van der Waals surface area contributed by atoms with Crippen LogP contribution in [0.2, 0.25) is 0 Å². The average Bonchev–Trinajstić information content (AvgIpc) is 2.24. The van der Waals surface area contributed by atoms with Crippen molar-refractivity contribution in [1.29, 1.82) is 0 Å². The Bertz CT molecular complexity index is 363. The van der Waals surface area contributed by atoms with Crippen molar-refractivity contribution in [3.8, 4) is 0 Å². The Morgan fingerprint density at radius 2 is 2.06 bits per heavy atom. The van der Waals surface area contributed by atoms with Crippen LogP contribution in [0.15, 0.2) is 22.7 Å². The number of hydrogen-bond donors (Lipinski definition) is 1. The van der Waals surface area contributed by atoms with Gasteiger partial charge >= 0.3 is 0 Å². The summed E-state index contributed by atoms with van der Waals surface area (Å²) in [5.41, 5.74) is 0.583. The summed E-state index contributed by atoms with van der Waals surface area (Å²) in [6, 6.07) is 4.47. The van der Waals surface area contributed by atoms with Crippen LogP contribution in [0, 0.1) is 5.82 Å². The Labute approximate surface area is 106 Å². The van der Waals surface area contributed by atoms with E-state index in [0.29, 0.717) is 5.56 Å². The van der Waals surface area contributed by atoms with Gasteiger partial charge in [0.15, 0.2) is 0 Å². The van der Waals surface area contributed by atoms with Crippen LogP contribution in [0.1, 0.15) is 5.56 Å². The third-order valence-corrected chi connectivity index (χ3v) is 3.13. The average molecular weight is 312 g/mol. The van der Waals surface area contributed by atoms with E-state index in [9.17, 15) is 13.2 Å². The second-order valence-corrected chi connectivity index (χ2v) is 4.36. The maximum Gasteiger partial charge on any atom is 0.251 e. The van der Waals surface area contributed by atoms with Crippen molar-refractivity contribution in [3.63, 3.8) is 0 Å². The molecule has 17 heavy (non-hydrogen) atoms. The normalized spacial score (nSPS) is 11.5. The molecule has 0 aliphatic rings. The lowest BCUT2D eigenvalue weighted by Crippen LogP contribution is -2.31. The molecule has 96 valence electrons. The molecule has 1 N–H and O–H groups in total. The Morgan fingerprint density at radius 3 is 2.65 bits per heavy atom. The lowest BCUT2D eigenvalue weighted by atomic mass is 10.2. The zero-order valence-electron chi connectivity index (χ0n) is 9.04. The molecule has 0 heterocycles. The lowest BCUT2D eigenvalue weighted by Gasteiger charge is -2.21. The summed E-state index contributed by atoms with van der Waals surface area (Å²) < 4.78 is 38.1. The van der Waals surface area contributed by atoms with E-state index in [1.165, 1.54) is 17.0 Å². The quantitative estimate of drug-likeness (QED) is 0.873. The van der Waals surface area contributed by atoms with Gasteiger partial charge in [-0.15, -0.1) is 0 Å². The summed E-state index contributed by atoms with van der Waals surface area (Å²) in [6.45, 7) is -0.348. The Morgan fingerprint density at radius 1 is 1.35 bits per heavy atom. The number of benzene rings is 1. The first-order chi connectivity index (χ1) is 8.04. The fourth-order valence-electron chi connectivity index (χ4n) is 1.48. The largest absolute Gasteiger partial charge is 0.395 e. The molecule has 0 fully saturated rings. The molecule has 0 saturated heterocycles. The van der Waals surface area contributed by atoms with Crippen LogP contribution >= 0.6 is 15.9 Å². The van der Waals surface area contributed by atoms with Crippen molar-refractivity contribution in [1.82, 2.24) is 4.90 Å². The first-order valence-electron chi connectivity index (χ1n) is 5.09. The van der Waals surface area contributed by atoms with E-state index in [1.54, 1.807) is 6.07 Å². The van der Waals surface area contributed by atoms with Gasteiger partial charge < -0.3 is 5.11 Å². The standard InChI is InChI=1S/C11H13BrF3NO/c12-11-8(2-1-3-9(11)13)6-16(4-5-17)7-10(14)15/h1-3,10,17H,4-7H2. The third-order valence-electron chi connectivity index (χ3n) is 2.24. The molecule has 0 aromatic heterocycles. The van der Waals surface area contributed by atoms with Gasteiger partial charge in [0.05, 0.1) is 17.6 Å². The molecular weight excluding hydrogens is 299 g/mol. The van der Waals surface area contributed by atoms with Crippen molar-refractivity contribution in [3.05, 3.63) is 34.1 Å². The minimum absolute atomic E-state index is 0.132. The zero-order valence-corrected chi connectivity index (χ0v) is 10.6. The smallest absolute Gasteiger partial charge is 0.251 e. The first kappa shape index (κ1) is 14.5. The second-order valence-electron chi connectivity index (χ2n) is 3.56. The van der Waals surface area contributed by atoms with Crippen LogP contribution in [0.3, 0.4) is 0 Å². The van der Waals surface area contributed by atoms with E-state index in [-0.39, 0.29) is 24.2 Å². The molecule has 0 atom stereocenters. The van der Waals surface area contributed by atoms with Gasteiger partial charge in [-0.3, -0.25) is 4.90 Å². The highest BCUT2D eigenvalue weighted by Crippen LogP contribution is 2.22. The van der Waals surface area contributed by atoms with E-state index in [2.05, 4.69) is 15.9 Å². The van der Waals surface area contributed by atoms with Crippen molar-refractivity contribution in [2.75, 3.05) is 19.7 Å². The molecule has 0 spiro atoms. The second kappa shape index (κ2) is 6.98. The van der Waals surface area contributed by atoms with Crippen molar-refractivity contribution >= 4 is 15.9 Å². The maximum absolute atomic E-state index is 13.2. The molecular formula is C11H13BrF3NO. The van der Waals surface area contributed by atoms with Gasteiger partial charge in [0.2, 0.25) is 0 Å². The molecule has 2 nitrogen and oxygen atoms in total. The SMILES string of the molecule is OCCN(Cc1cccc(F)c1Br)CC(F)F. The molecule has 0 amide bonds. The Balaban J connectivity index is 2.74. The predicted octanol–water partition coefficient (Wildman–Crippen LogP) is 2.65. The summed E-state index contributed by atoms with van der Waals surface area (Å²) in [4.78, 5) is 1.38. The highest BCUT2D eigenvalue weighted by atomic mass is 79.9. The molecule has 6 heteroatoms. The van der Waals surface area contributed by atoms with Gasteiger partial charge in [-0.25, -0.2) is 13.2 Å². The molecule has 1 aromatic carbocycles. The summed E-state index contributed by atoms with van der Waals surface area (Å²) in [5, 5.41) is 8.78. The molecule has 0 radical (unpaired) electrons. The molecule has 1 aromatic rings. The summed E-state index contributed by atoms with van der Waals surface area (Å²) in [6.07, 6.45) is -2.48. The van der Waals surface area contributed by atoms with Crippen LogP contribution in [-0.4, -0.2) is 36.1 Å². The first-order valence-corrected chi connectivity index (χ1v) is 5.88. The fourth-order valence-corrected chi connectivity index (χ4v) is 1.87. The number of aliphatic hydroxyl groups is 1. The Hall–Kier alpha value is -0.590. The summed E-state index contributed by atoms with van der Waals surface area (Å²) in [5.74, 6) is -0.427. The van der Waals surface area contributed by atoms with Gasteiger partial charge in [0.1, 0.15) is 5.82 Å². The third kappa shape index (κ3) is 4.65. The number of rotatable bonds is 6. The monoisotopic (exact) mass is 311 g/mol. The van der Waals surface area contributed by atoms with E-state index in [0.717, 1.165) is 0 Å². The summed E-state index contributed by atoms with van der Waals surface area (Å²) >= 11 is 3.07. The van der Waals surface area contributed by atoms with Gasteiger partial charge in [-0.1, -0.05) is 12.1 Å². The highest BCUT2D eigenvalue weighted by Gasteiger charge is 2.14. The number of aliphatic hydroxyl groups excluding tert-OH is 1. The molecule has 0 aliphatic heterocycles. The number of hydrogen-bond acceptors (Lipinski definition) is 2. The lowest BCUT2D eigenvalue weighted by molar-refractivity contribution is 0.0745. The number of nitrogens with zero attached hydrogens (tertiary/aromatic N) is 1. The van der Waals surface area contributed by atoms with Gasteiger partial charge in [0, 0.05) is 13.1 Å². The predicted molar refractivity (Wildman–Crippen MR) is 62.5 cm³/mol. The van der Waals surface area contributed by atoms with Gasteiger partial charge in [-0.05, 0) is 27.6 Å². The van der Waals surface area contributed by atoms with Gasteiger partial charge in [-0.2, -0.15) is 0 Å². The molecule has 0 aliphatic carbocycles. The van der Waals surface area contributed by atoms with E-state index in [4.69, 9.17) is 5.11 Å². The van der Waals surface area contributed by atoms with E-state index in [1.807, 2.05) is 0 Å². The van der Waals surface area contributed by atoms with Crippen molar-refractivity contribution in [2.45, 2.75) is 13.0 Å². The van der Waals surface area contributed by atoms with Crippen LogP contribution in [0.25, 0.3) is 0 Å². The molecule has 0 saturated carbocycles. The zero-order chi connectivity index (χ0) is 12.8. The summed E-state index contributed by atoms with van der Waals surface area (Å²) in [7, 11) is 0. The van der Waals surface area contributed by atoms with Crippen molar-refractivity contribution < 1.29 is 18.3 Å². The molecule has 0 unspecified atom stereocenters. The van der Waals surface area contributed by atoms with Crippen LogP contribution in [0.5, 0.6) is 0 Å². The van der Waals surface area contributed by atoms with Gasteiger partial charge in [0.25, 0.3) is 6.43 Å². The topological polar surface area (TPSA) is 23.5 Å². The molecule has 0 bridgehead atoms. The fraction of sp³-hybridized carbons (Fsp3) is 0.455. The van der Waals surface area contributed by atoms with E-state index >= 15 is 0 Å². The van der Waals surface area contributed by atoms with E-state index < -0.39 is 18.8 Å². The Kier molecular flexibility index (Phi) is 5.94. The number of alkyl halides is 2. The minimum atomic E-state index is -2.48. The van der Waals surface area contributed by atoms with Crippen LogP contribution < -0.4 is 0 Å². The van der Waals surface area contributed by atoms with Crippen LogP contribution in [0.4, 0.5) is 13.2 Å². The van der Waals surface area contributed by atoms with Crippen molar-refractivity contribution in [2.24, 2.45) is 0 Å².